The zero-order chi connectivity index (χ0) is 28.3. The molecule has 0 radical (unpaired) electrons. The van der Waals surface area contributed by atoms with Crippen LogP contribution in [0.3, 0.4) is 0 Å². The maximum absolute atomic E-state index is 14.8. The SMILES string of the molecule is CCOc1cc(-c2cc(N(CCn3c(C)cc4c(OC)ncc(F)c43)S(=O)(=O)CC)ccn2)sc1C(=O)OC. The number of rotatable bonds is 11. The van der Waals surface area contributed by atoms with Gasteiger partial charge in [-0.25, -0.2) is 22.6 Å². The monoisotopic (exact) mass is 576 g/mol. The van der Waals surface area contributed by atoms with Crippen molar-refractivity contribution in [2.45, 2.75) is 27.3 Å². The van der Waals surface area contributed by atoms with E-state index in [1.54, 1.807) is 42.7 Å². The number of nitrogens with zero attached hydrogens (tertiary/aromatic N) is 4. The molecule has 0 N–H and O–H groups in total. The van der Waals surface area contributed by atoms with Gasteiger partial charge in [-0.2, -0.15) is 0 Å². The highest BCUT2D eigenvalue weighted by Crippen LogP contribution is 2.37. The molecule has 0 aliphatic rings. The van der Waals surface area contributed by atoms with Gasteiger partial charge in [-0.15, -0.1) is 11.3 Å². The first-order chi connectivity index (χ1) is 18.6. The first-order valence-corrected chi connectivity index (χ1v) is 14.6. The van der Waals surface area contributed by atoms with Gasteiger partial charge in [0.05, 0.1) is 66.5 Å². The van der Waals surface area contributed by atoms with Gasteiger partial charge in [0.1, 0.15) is 5.75 Å². The molecular weight excluding hydrogens is 547 g/mol. The van der Waals surface area contributed by atoms with Gasteiger partial charge >= 0.3 is 5.97 Å². The van der Waals surface area contributed by atoms with Crippen LogP contribution in [0.15, 0.2) is 36.7 Å². The normalized spacial score (nSPS) is 11.5. The topological polar surface area (TPSA) is 113 Å². The molecule has 0 amide bonds. The van der Waals surface area contributed by atoms with Gasteiger partial charge in [0.15, 0.2) is 10.7 Å². The molecule has 0 saturated heterocycles. The molecule has 4 heterocycles. The van der Waals surface area contributed by atoms with Crippen LogP contribution in [0.1, 0.15) is 29.2 Å². The largest absolute Gasteiger partial charge is 0.492 e. The molecule has 208 valence electrons. The molecule has 0 atom stereocenters. The van der Waals surface area contributed by atoms with Crippen molar-refractivity contribution in [3.8, 4) is 22.2 Å². The van der Waals surface area contributed by atoms with Crippen molar-refractivity contribution < 1.29 is 31.8 Å². The van der Waals surface area contributed by atoms with E-state index in [4.69, 9.17) is 14.2 Å². The fourth-order valence-electron chi connectivity index (χ4n) is 4.28. The van der Waals surface area contributed by atoms with Gasteiger partial charge in [0.2, 0.25) is 15.9 Å². The number of fused-ring (bicyclic) bond motifs is 1. The summed E-state index contributed by atoms with van der Waals surface area (Å²) in [6.45, 7) is 5.75. The van der Waals surface area contributed by atoms with Crippen LogP contribution in [0, 0.1) is 12.7 Å². The van der Waals surface area contributed by atoms with Crippen LogP contribution in [0.4, 0.5) is 10.1 Å². The second kappa shape index (κ2) is 11.6. The number of carbonyl (C=O) groups excluding carboxylic acids is 1. The molecule has 4 aromatic rings. The number of hydrogen-bond acceptors (Lipinski definition) is 9. The molecular formula is C26H29FN4O6S2. The van der Waals surface area contributed by atoms with Gasteiger partial charge in [-0.1, -0.05) is 0 Å². The zero-order valence-corrected chi connectivity index (χ0v) is 23.9. The molecule has 4 aromatic heterocycles. The molecule has 39 heavy (non-hydrogen) atoms. The second-order valence-corrected chi connectivity index (χ2v) is 11.6. The molecule has 0 aliphatic carbocycles. The van der Waals surface area contributed by atoms with Crippen molar-refractivity contribution in [3.63, 3.8) is 0 Å². The third-order valence-corrected chi connectivity index (χ3v) is 9.04. The lowest BCUT2D eigenvalue weighted by molar-refractivity contribution is 0.0602. The number of aryl methyl sites for hydroxylation is 1. The molecule has 0 fully saturated rings. The molecule has 13 heteroatoms. The van der Waals surface area contributed by atoms with Crippen LogP contribution in [0.25, 0.3) is 21.5 Å². The molecule has 0 bridgehead atoms. The Labute approximate surface area is 230 Å². The predicted molar refractivity (Wildman–Crippen MR) is 148 cm³/mol. The summed E-state index contributed by atoms with van der Waals surface area (Å²) in [6, 6.07) is 6.69. The fraction of sp³-hybridized carbons (Fsp3) is 0.346. The Kier molecular flexibility index (Phi) is 8.40. The van der Waals surface area contributed by atoms with E-state index in [1.807, 2.05) is 6.92 Å². The minimum atomic E-state index is -3.72. The first-order valence-electron chi connectivity index (χ1n) is 12.1. The number of anilines is 1. The minimum Gasteiger partial charge on any atom is -0.492 e. The number of esters is 1. The molecule has 0 unspecified atom stereocenters. The van der Waals surface area contributed by atoms with E-state index in [-0.39, 0.29) is 18.8 Å². The number of sulfonamides is 1. The third-order valence-electron chi connectivity index (χ3n) is 6.13. The van der Waals surface area contributed by atoms with Gasteiger partial charge < -0.3 is 18.8 Å². The number of halogens is 1. The Balaban J connectivity index is 1.72. The first kappa shape index (κ1) is 28.3. The smallest absolute Gasteiger partial charge is 0.351 e. The maximum atomic E-state index is 14.8. The van der Waals surface area contributed by atoms with E-state index in [0.717, 1.165) is 23.2 Å². The number of hydrogen-bond donors (Lipinski definition) is 0. The van der Waals surface area contributed by atoms with Crippen LogP contribution < -0.4 is 13.8 Å². The Hall–Kier alpha value is -3.71. The third kappa shape index (κ3) is 5.55. The van der Waals surface area contributed by atoms with E-state index in [2.05, 4.69) is 9.97 Å². The summed E-state index contributed by atoms with van der Waals surface area (Å²) in [7, 11) is -0.968. The lowest BCUT2D eigenvalue weighted by Gasteiger charge is -2.25. The van der Waals surface area contributed by atoms with Crippen molar-refractivity contribution >= 4 is 43.9 Å². The van der Waals surface area contributed by atoms with Crippen LogP contribution in [0.2, 0.25) is 0 Å². The number of thiophene rings is 1. The summed E-state index contributed by atoms with van der Waals surface area (Å²) in [6.07, 6.45) is 2.60. The molecule has 0 spiro atoms. The molecule has 0 aliphatic heterocycles. The Bertz CT molecular complexity index is 1620. The lowest BCUT2D eigenvalue weighted by atomic mass is 10.2. The Morgan fingerprint density at radius 3 is 2.62 bits per heavy atom. The van der Waals surface area contributed by atoms with E-state index < -0.39 is 21.8 Å². The van der Waals surface area contributed by atoms with Gasteiger partial charge in [-0.3, -0.25) is 9.29 Å². The number of pyridine rings is 2. The van der Waals surface area contributed by atoms with E-state index in [0.29, 0.717) is 50.3 Å². The van der Waals surface area contributed by atoms with Crippen molar-refractivity contribution in [3.05, 3.63) is 53.0 Å². The summed E-state index contributed by atoms with van der Waals surface area (Å²) in [5.41, 5.74) is 1.88. The van der Waals surface area contributed by atoms with Crippen LogP contribution in [0.5, 0.6) is 11.6 Å². The van der Waals surface area contributed by atoms with Gasteiger partial charge in [0.25, 0.3) is 0 Å². The highest BCUT2D eigenvalue weighted by atomic mass is 32.2. The van der Waals surface area contributed by atoms with Crippen molar-refractivity contribution in [2.75, 3.05) is 37.4 Å². The lowest BCUT2D eigenvalue weighted by Crippen LogP contribution is -2.35. The molecule has 0 aromatic carbocycles. The van der Waals surface area contributed by atoms with E-state index in [9.17, 15) is 17.6 Å². The van der Waals surface area contributed by atoms with Crippen LogP contribution >= 0.6 is 11.3 Å². The average molecular weight is 577 g/mol. The fourth-order valence-corrected chi connectivity index (χ4v) is 6.37. The summed E-state index contributed by atoms with van der Waals surface area (Å²) in [5, 5.41) is 0.510. The number of ether oxygens (including phenoxy) is 3. The summed E-state index contributed by atoms with van der Waals surface area (Å²) < 4.78 is 60.0. The Morgan fingerprint density at radius 1 is 1.18 bits per heavy atom. The average Bonchev–Trinajstić information content (AvgIpc) is 3.50. The second-order valence-electron chi connectivity index (χ2n) is 8.42. The highest BCUT2D eigenvalue weighted by Gasteiger charge is 2.24. The van der Waals surface area contributed by atoms with Crippen molar-refractivity contribution in [1.29, 1.82) is 0 Å². The summed E-state index contributed by atoms with van der Waals surface area (Å²) >= 11 is 1.15. The number of aromatic nitrogens is 3. The molecule has 0 saturated carbocycles. The quantitative estimate of drug-likeness (QED) is 0.237. The number of carbonyl (C=O) groups is 1. The molecule has 10 nitrogen and oxygen atoms in total. The van der Waals surface area contributed by atoms with Gasteiger partial charge in [-0.05, 0) is 39.0 Å². The maximum Gasteiger partial charge on any atom is 0.351 e. The standard InChI is InChI=1S/C26H29FN4O6S2/c1-6-37-21-14-22(38-24(21)26(32)36-5)20-13-17(8-9-28-20)31(39(33,34)7-2)11-10-30-16(3)12-18-23(30)19(27)15-29-25(18)35-4/h8-9,12-15H,6-7,10-11H2,1-5H3. The van der Waals surface area contributed by atoms with Crippen LogP contribution in [-0.4, -0.2) is 62.0 Å². The zero-order valence-electron chi connectivity index (χ0n) is 22.2. The highest BCUT2D eigenvalue weighted by molar-refractivity contribution is 7.92. The minimum absolute atomic E-state index is 0.0381. The predicted octanol–water partition coefficient (Wildman–Crippen LogP) is 4.66. The van der Waals surface area contributed by atoms with Crippen molar-refractivity contribution in [1.82, 2.24) is 14.5 Å². The van der Waals surface area contributed by atoms with E-state index >= 15 is 0 Å². The van der Waals surface area contributed by atoms with E-state index in [1.165, 1.54) is 24.7 Å². The van der Waals surface area contributed by atoms with Crippen molar-refractivity contribution in [2.24, 2.45) is 0 Å². The number of methoxy groups -OCH3 is 2. The summed E-state index contributed by atoms with van der Waals surface area (Å²) in [4.78, 5) is 21.5. The van der Waals surface area contributed by atoms with Gasteiger partial charge in [0, 0.05) is 24.5 Å². The molecule has 4 rings (SSSR count). The van der Waals surface area contributed by atoms with Crippen LogP contribution in [-0.2, 0) is 21.3 Å². The summed E-state index contributed by atoms with van der Waals surface area (Å²) in [5.74, 6) is -0.536. The Morgan fingerprint density at radius 2 is 1.95 bits per heavy atom.